The topological polar surface area (TPSA) is 147 Å². The second kappa shape index (κ2) is 16.9. The van der Waals surface area contributed by atoms with Gasteiger partial charge in [-0.1, -0.05) is 91.0 Å². The van der Waals surface area contributed by atoms with Crippen molar-refractivity contribution < 1.29 is 37.8 Å². The van der Waals surface area contributed by atoms with Gasteiger partial charge in [0.25, 0.3) is 11.9 Å². The maximum absolute atomic E-state index is 14.5. The van der Waals surface area contributed by atoms with E-state index in [1.807, 2.05) is 91.0 Å². The average molecular weight is 768 g/mol. The molecule has 4 aromatic carbocycles. The van der Waals surface area contributed by atoms with Crippen LogP contribution < -0.4 is 4.74 Å². The predicted octanol–water partition coefficient (Wildman–Crippen LogP) is 7.35. The number of nitro benzene ring substituents is 1. The Morgan fingerprint density at radius 1 is 0.889 bits per heavy atom. The Hall–Kier alpha value is -5.76. The third-order valence-electron chi connectivity index (χ3n) is 8.94. The lowest BCUT2D eigenvalue weighted by atomic mass is 9.84. The number of non-ortho nitro benzene ring substituents is 1. The molecule has 0 saturated carbocycles. The lowest BCUT2D eigenvalue weighted by Crippen LogP contribution is -2.67. The van der Waals surface area contributed by atoms with Crippen LogP contribution in [0.15, 0.2) is 134 Å². The van der Waals surface area contributed by atoms with Gasteiger partial charge in [-0.2, -0.15) is 0 Å². The fraction of sp³-hybridized carbons (Fsp3) is 0.200. The summed E-state index contributed by atoms with van der Waals surface area (Å²) in [6, 6.07) is 37.9. The van der Waals surface area contributed by atoms with Crippen molar-refractivity contribution in [2.45, 2.75) is 36.0 Å². The number of likely N-dealkylation sites (tertiary alicyclic amines) is 1. The first kappa shape index (κ1) is 38.0. The molecule has 12 nitrogen and oxygen atoms in total. The number of hydrogen-bond acceptors (Lipinski definition) is 11. The summed E-state index contributed by atoms with van der Waals surface area (Å²) in [4.78, 5) is 57.0. The van der Waals surface area contributed by atoms with E-state index in [9.17, 15) is 24.5 Å². The van der Waals surface area contributed by atoms with Crippen LogP contribution in [0.4, 0.5) is 5.69 Å². The minimum atomic E-state index is -1.74. The van der Waals surface area contributed by atoms with Gasteiger partial charge >= 0.3 is 11.9 Å². The van der Waals surface area contributed by atoms with E-state index in [-0.39, 0.29) is 12.3 Å². The summed E-state index contributed by atoms with van der Waals surface area (Å²) >= 11 is 7.39. The van der Waals surface area contributed by atoms with Crippen molar-refractivity contribution in [3.8, 4) is 5.88 Å². The summed E-state index contributed by atoms with van der Waals surface area (Å²) < 4.78 is 20.9. The molecule has 0 bridgehead atoms. The third-order valence-corrected chi connectivity index (χ3v) is 10.9. The van der Waals surface area contributed by atoms with Crippen LogP contribution in [0, 0.1) is 16.0 Å². The molecule has 1 aliphatic heterocycles. The van der Waals surface area contributed by atoms with Gasteiger partial charge in [-0.25, -0.2) is 14.1 Å². The van der Waals surface area contributed by atoms with E-state index in [1.54, 1.807) is 12.1 Å². The number of nitro groups is 1. The largest absolute Gasteiger partial charge is 0.481 e. The molecule has 54 heavy (non-hydrogen) atoms. The standard InChI is InChI=1S/C40H34ClN3O9S/c1-26(45)52-35(28-20-23-33(50-2)42-24-28)34-36(46)43(37(53-41)39(47)51-25-27-18-21-32(22-19-27)44(48)49)38(34)54-40(29-12-6-3-7-13-29,30-14-8-4-9-15-30)31-16-10-5-11-17-31/h3-24,34-35,37-38H,25H2,1-2H3. The predicted molar refractivity (Wildman–Crippen MR) is 200 cm³/mol. The Kier molecular flexibility index (Phi) is 11.9. The van der Waals surface area contributed by atoms with Gasteiger partial charge in [0.05, 0.1) is 34.0 Å². The quantitative estimate of drug-likeness (QED) is 0.0346. The highest BCUT2D eigenvalue weighted by Gasteiger charge is 2.60. The van der Waals surface area contributed by atoms with Gasteiger partial charge in [0.2, 0.25) is 11.8 Å². The van der Waals surface area contributed by atoms with Crippen molar-refractivity contribution in [3.63, 3.8) is 0 Å². The molecule has 1 saturated heterocycles. The molecule has 1 fully saturated rings. The summed E-state index contributed by atoms with van der Waals surface area (Å²) in [6.07, 6.45) is -1.41. The van der Waals surface area contributed by atoms with Gasteiger partial charge in [0.15, 0.2) is 0 Å². The molecule has 2 heterocycles. The normalized spacial score (nSPS) is 16.4. The number of rotatable bonds is 15. The van der Waals surface area contributed by atoms with E-state index >= 15 is 0 Å². The molecule has 14 heteroatoms. The first-order valence-electron chi connectivity index (χ1n) is 16.7. The molecule has 1 aromatic heterocycles. The zero-order valence-corrected chi connectivity index (χ0v) is 30.6. The lowest BCUT2D eigenvalue weighted by molar-refractivity contribution is -0.384. The van der Waals surface area contributed by atoms with Crippen LogP contribution in [0.2, 0.25) is 0 Å². The number of thioether (sulfide) groups is 1. The summed E-state index contributed by atoms with van der Waals surface area (Å²) in [5.74, 6) is -2.98. The number of pyridine rings is 1. The van der Waals surface area contributed by atoms with Gasteiger partial charge in [-0.15, -0.1) is 11.8 Å². The summed E-state index contributed by atoms with van der Waals surface area (Å²) in [6.45, 7) is 0.960. The number of benzene rings is 4. The molecule has 4 unspecified atom stereocenters. The number of methoxy groups -OCH3 is 1. The van der Waals surface area contributed by atoms with E-state index in [2.05, 4.69) is 4.98 Å². The van der Waals surface area contributed by atoms with Crippen LogP contribution in [0.5, 0.6) is 5.88 Å². The van der Waals surface area contributed by atoms with Gasteiger partial charge in [0, 0.05) is 36.9 Å². The molecule has 5 aromatic rings. The number of nitrogens with zero attached hydrogens (tertiary/aromatic N) is 3. The van der Waals surface area contributed by atoms with Crippen molar-refractivity contribution in [2.75, 3.05) is 7.11 Å². The van der Waals surface area contributed by atoms with Gasteiger partial charge in [-0.05, 0) is 40.5 Å². The number of hydrogen-bond donors (Lipinski definition) is 0. The van der Waals surface area contributed by atoms with E-state index in [0.29, 0.717) is 17.0 Å². The fourth-order valence-corrected chi connectivity index (χ4v) is 8.48. The second-order valence-electron chi connectivity index (χ2n) is 12.2. The minimum absolute atomic E-state index is 0.128. The van der Waals surface area contributed by atoms with Crippen molar-refractivity contribution in [1.82, 2.24) is 9.88 Å². The van der Waals surface area contributed by atoms with Crippen molar-refractivity contribution in [1.29, 1.82) is 0 Å². The summed E-state index contributed by atoms with van der Waals surface area (Å²) in [5.41, 5.74) is 3.35. The van der Waals surface area contributed by atoms with Gasteiger partial charge in [0.1, 0.15) is 18.6 Å². The third kappa shape index (κ3) is 7.79. The maximum atomic E-state index is 14.5. The molecule has 0 aliphatic carbocycles. The maximum Gasteiger partial charge on any atom is 0.358 e. The van der Waals surface area contributed by atoms with Crippen LogP contribution in [0.25, 0.3) is 0 Å². The molecule has 0 N–H and O–H groups in total. The minimum Gasteiger partial charge on any atom is -0.481 e. The number of amides is 1. The molecule has 1 aliphatic rings. The zero-order chi connectivity index (χ0) is 38.2. The average Bonchev–Trinajstić information content (AvgIpc) is 3.21. The molecule has 1 amide bonds. The van der Waals surface area contributed by atoms with Crippen LogP contribution in [-0.2, 0) is 39.5 Å². The summed E-state index contributed by atoms with van der Waals surface area (Å²) in [5, 5.41) is 10.2. The van der Waals surface area contributed by atoms with Crippen LogP contribution in [0.3, 0.4) is 0 Å². The number of carbonyl (C=O) groups excluding carboxylic acids is 3. The fourth-order valence-electron chi connectivity index (χ4n) is 6.41. The van der Waals surface area contributed by atoms with Crippen LogP contribution >= 0.6 is 23.6 Å². The van der Waals surface area contributed by atoms with Gasteiger partial charge < -0.3 is 14.2 Å². The molecule has 6 rings (SSSR count). The molecular formula is C40H34ClN3O9S. The van der Waals surface area contributed by atoms with Crippen LogP contribution in [-0.4, -0.2) is 51.4 Å². The van der Waals surface area contributed by atoms with Crippen molar-refractivity contribution >= 4 is 47.2 Å². The highest BCUT2D eigenvalue weighted by Crippen LogP contribution is 2.57. The number of ether oxygens (including phenoxy) is 3. The molecule has 0 radical (unpaired) electrons. The van der Waals surface area contributed by atoms with E-state index in [0.717, 1.165) is 16.7 Å². The Labute approximate surface area is 320 Å². The van der Waals surface area contributed by atoms with Crippen molar-refractivity contribution in [2.24, 2.45) is 5.92 Å². The molecule has 4 atom stereocenters. The zero-order valence-electron chi connectivity index (χ0n) is 29.0. The van der Waals surface area contributed by atoms with Crippen molar-refractivity contribution in [3.05, 3.63) is 172 Å². The van der Waals surface area contributed by atoms with Crippen LogP contribution in [0.1, 0.15) is 40.8 Å². The highest BCUT2D eigenvalue weighted by atomic mass is 35.5. The SMILES string of the molecule is COc1ccc(C(OC(C)=O)C2C(=O)N(C(OCl)C(=O)OCc3ccc([N+](=O)[O-])cc3)C2SC(c2ccccc2)(c2ccccc2)c2ccccc2)cn1. The highest BCUT2D eigenvalue weighted by molar-refractivity contribution is 8.01. The lowest BCUT2D eigenvalue weighted by Gasteiger charge is -2.53. The molecule has 276 valence electrons. The Morgan fingerprint density at radius 2 is 1.44 bits per heavy atom. The monoisotopic (exact) mass is 767 g/mol. The number of carbonyl (C=O) groups is 3. The Bertz CT molecular complexity index is 1980. The van der Waals surface area contributed by atoms with E-state index in [1.165, 1.54) is 61.2 Å². The van der Waals surface area contributed by atoms with E-state index in [4.69, 9.17) is 30.4 Å². The number of β-lactam (4-membered cyclic amide) rings is 1. The van der Waals surface area contributed by atoms with E-state index < -0.39 is 51.1 Å². The number of esters is 2. The first-order chi connectivity index (χ1) is 26.2. The smallest absolute Gasteiger partial charge is 0.358 e. The van der Waals surface area contributed by atoms with Gasteiger partial charge in [-0.3, -0.25) is 24.6 Å². The molecule has 0 spiro atoms. The number of halogens is 1. The number of aromatic nitrogens is 1. The summed E-state index contributed by atoms with van der Waals surface area (Å²) in [7, 11) is 1.47. The molecular weight excluding hydrogens is 734 g/mol. The first-order valence-corrected chi connectivity index (χ1v) is 17.9. The second-order valence-corrected chi connectivity index (χ2v) is 13.7. The Morgan fingerprint density at radius 3 is 1.89 bits per heavy atom. The Balaban J connectivity index is 1.46.